The predicted octanol–water partition coefficient (Wildman–Crippen LogP) is 2.98. The van der Waals surface area contributed by atoms with Crippen molar-refractivity contribution in [3.05, 3.63) is 18.0 Å². The van der Waals surface area contributed by atoms with E-state index >= 15 is 0 Å². The Bertz CT molecular complexity index is 457. The van der Waals surface area contributed by atoms with E-state index in [-0.39, 0.29) is 11.9 Å². The molecule has 106 valence electrons. The molecule has 0 saturated heterocycles. The molecule has 19 heavy (non-hydrogen) atoms. The Balaban J connectivity index is 1.92. The molecule has 0 radical (unpaired) electrons. The second-order valence-electron chi connectivity index (χ2n) is 6.87. The zero-order valence-electron chi connectivity index (χ0n) is 12.5. The van der Waals surface area contributed by atoms with Crippen LogP contribution in [0.3, 0.4) is 0 Å². The number of carbonyl (C=O) groups excluding carboxylic acids is 1. The molecule has 0 N–H and O–H groups in total. The smallest absolute Gasteiger partial charge is 0.310 e. The Morgan fingerprint density at radius 2 is 2.21 bits per heavy atom. The number of aromatic nitrogens is 2. The van der Waals surface area contributed by atoms with E-state index in [1.165, 1.54) is 0 Å². The number of esters is 1. The van der Waals surface area contributed by atoms with Gasteiger partial charge in [0.05, 0.1) is 12.1 Å². The predicted molar refractivity (Wildman–Crippen MR) is 73.8 cm³/mol. The molecule has 1 heterocycles. The molecule has 0 spiro atoms. The first-order valence-electron chi connectivity index (χ1n) is 7.01. The maximum absolute atomic E-state index is 11.9. The van der Waals surface area contributed by atoms with Crippen molar-refractivity contribution < 1.29 is 9.53 Å². The second-order valence-corrected chi connectivity index (χ2v) is 6.87. The highest BCUT2D eigenvalue weighted by Crippen LogP contribution is 2.48. The van der Waals surface area contributed by atoms with Crippen LogP contribution in [-0.2, 0) is 16.1 Å². The van der Waals surface area contributed by atoms with Crippen molar-refractivity contribution in [3.8, 4) is 0 Å². The van der Waals surface area contributed by atoms with Gasteiger partial charge in [-0.3, -0.25) is 9.48 Å². The highest BCUT2D eigenvalue weighted by molar-refractivity contribution is 5.77. The van der Waals surface area contributed by atoms with E-state index in [1.807, 2.05) is 31.6 Å². The van der Waals surface area contributed by atoms with Crippen molar-refractivity contribution >= 4 is 5.97 Å². The quantitative estimate of drug-likeness (QED) is 0.785. The molecule has 2 atom stereocenters. The fraction of sp³-hybridized carbons (Fsp3) is 0.733. The van der Waals surface area contributed by atoms with Gasteiger partial charge < -0.3 is 4.74 Å². The van der Waals surface area contributed by atoms with Crippen molar-refractivity contribution in [2.24, 2.45) is 11.8 Å². The summed E-state index contributed by atoms with van der Waals surface area (Å²) in [6.45, 7) is 11.0. The van der Waals surface area contributed by atoms with Crippen molar-refractivity contribution in [3.63, 3.8) is 0 Å². The Morgan fingerprint density at radius 1 is 1.53 bits per heavy atom. The van der Waals surface area contributed by atoms with Gasteiger partial charge in [0.1, 0.15) is 5.60 Å². The summed E-state index contributed by atoms with van der Waals surface area (Å²) in [6.07, 6.45) is 4.84. The number of hydrogen-bond acceptors (Lipinski definition) is 3. The monoisotopic (exact) mass is 264 g/mol. The van der Waals surface area contributed by atoms with Crippen LogP contribution in [0.2, 0.25) is 0 Å². The summed E-state index contributed by atoms with van der Waals surface area (Å²) in [6, 6.07) is 0. The van der Waals surface area contributed by atoms with Crippen LogP contribution >= 0.6 is 0 Å². The lowest BCUT2D eigenvalue weighted by molar-refractivity contribution is -0.156. The van der Waals surface area contributed by atoms with Gasteiger partial charge >= 0.3 is 5.97 Å². The van der Waals surface area contributed by atoms with Crippen LogP contribution in [0.1, 0.15) is 52.5 Å². The summed E-state index contributed by atoms with van der Waals surface area (Å²) in [5, 5.41) is 4.35. The third-order valence-corrected chi connectivity index (χ3v) is 3.13. The van der Waals surface area contributed by atoms with Crippen LogP contribution < -0.4 is 0 Å². The SMILES string of the molecule is CC(C)Cn1cc([C@H]2C[C@@H]2C(=O)OC(C)(C)C)cn1. The summed E-state index contributed by atoms with van der Waals surface area (Å²) in [5.41, 5.74) is 0.767. The van der Waals surface area contributed by atoms with Crippen molar-refractivity contribution in [2.45, 2.75) is 59.1 Å². The van der Waals surface area contributed by atoms with Crippen LogP contribution in [0.15, 0.2) is 12.4 Å². The molecule has 1 aromatic heterocycles. The second kappa shape index (κ2) is 4.99. The molecular formula is C15H24N2O2. The van der Waals surface area contributed by atoms with Crippen molar-refractivity contribution in [2.75, 3.05) is 0 Å². The summed E-state index contributed by atoms with van der Waals surface area (Å²) >= 11 is 0. The zero-order chi connectivity index (χ0) is 14.2. The van der Waals surface area contributed by atoms with Gasteiger partial charge in [-0.25, -0.2) is 0 Å². The van der Waals surface area contributed by atoms with Gasteiger partial charge in [-0.1, -0.05) is 13.8 Å². The van der Waals surface area contributed by atoms with Crippen LogP contribution in [0.4, 0.5) is 0 Å². The third-order valence-electron chi connectivity index (χ3n) is 3.13. The Labute approximate surface area is 115 Å². The number of ether oxygens (including phenoxy) is 1. The van der Waals surface area contributed by atoms with E-state index in [0.717, 1.165) is 18.5 Å². The van der Waals surface area contributed by atoms with E-state index < -0.39 is 5.60 Å². The van der Waals surface area contributed by atoms with Gasteiger partial charge in [-0.2, -0.15) is 5.10 Å². The first-order chi connectivity index (χ1) is 8.76. The van der Waals surface area contributed by atoms with E-state index in [0.29, 0.717) is 11.8 Å². The molecule has 1 aromatic rings. The standard InChI is InChI=1S/C15H24N2O2/c1-10(2)8-17-9-11(7-16-17)12-6-13(12)14(18)19-15(3,4)5/h7,9-10,12-13H,6,8H2,1-5H3/t12-,13+/m1/s1. The molecule has 4 nitrogen and oxygen atoms in total. The molecule has 1 saturated carbocycles. The summed E-state index contributed by atoms with van der Waals surface area (Å²) in [5.74, 6) is 0.828. The minimum absolute atomic E-state index is 0.0240. The van der Waals surface area contributed by atoms with Crippen LogP contribution in [0.5, 0.6) is 0 Å². The number of carbonyl (C=O) groups is 1. The minimum Gasteiger partial charge on any atom is -0.460 e. The van der Waals surface area contributed by atoms with Crippen molar-refractivity contribution in [1.82, 2.24) is 9.78 Å². The van der Waals surface area contributed by atoms with E-state index in [4.69, 9.17) is 4.74 Å². The topological polar surface area (TPSA) is 44.1 Å². The molecule has 4 heteroatoms. The molecule has 1 fully saturated rings. The first-order valence-corrected chi connectivity index (χ1v) is 7.01. The molecule has 1 aliphatic carbocycles. The van der Waals surface area contributed by atoms with E-state index in [2.05, 4.69) is 25.1 Å². The Kier molecular flexibility index (Phi) is 3.70. The average Bonchev–Trinajstić information content (AvgIpc) is 2.91. The maximum Gasteiger partial charge on any atom is 0.310 e. The maximum atomic E-state index is 11.9. The van der Waals surface area contributed by atoms with Gasteiger partial charge in [-0.15, -0.1) is 0 Å². The zero-order valence-corrected chi connectivity index (χ0v) is 12.5. The van der Waals surface area contributed by atoms with E-state index in [9.17, 15) is 4.79 Å². The van der Waals surface area contributed by atoms with Gasteiger partial charge in [0, 0.05) is 18.7 Å². The normalized spacial score (nSPS) is 22.6. The highest BCUT2D eigenvalue weighted by Gasteiger charge is 2.46. The van der Waals surface area contributed by atoms with Gasteiger partial charge in [0.2, 0.25) is 0 Å². The molecule has 0 aliphatic heterocycles. The van der Waals surface area contributed by atoms with Crippen molar-refractivity contribution in [1.29, 1.82) is 0 Å². The molecular weight excluding hydrogens is 240 g/mol. The molecule has 0 aromatic carbocycles. The lowest BCUT2D eigenvalue weighted by Gasteiger charge is -2.19. The highest BCUT2D eigenvalue weighted by atomic mass is 16.6. The van der Waals surface area contributed by atoms with E-state index in [1.54, 1.807) is 0 Å². The van der Waals surface area contributed by atoms with Gasteiger partial charge in [-0.05, 0) is 38.7 Å². The number of hydrogen-bond donors (Lipinski definition) is 0. The molecule has 0 amide bonds. The fourth-order valence-electron chi connectivity index (χ4n) is 2.25. The number of nitrogens with zero attached hydrogens (tertiary/aromatic N) is 2. The minimum atomic E-state index is -0.397. The first kappa shape index (κ1) is 14.1. The molecule has 1 aliphatic rings. The lowest BCUT2D eigenvalue weighted by atomic mass is 10.1. The number of rotatable bonds is 4. The summed E-state index contributed by atoms with van der Waals surface area (Å²) in [4.78, 5) is 11.9. The van der Waals surface area contributed by atoms with Gasteiger partial charge in [0.15, 0.2) is 0 Å². The van der Waals surface area contributed by atoms with Crippen LogP contribution in [-0.4, -0.2) is 21.4 Å². The Hall–Kier alpha value is -1.32. The Morgan fingerprint density at radius 3 is 2.79 bits per heavy atom. The molecule has 0 bridgehead atoms. The fourth-order valence-corrected chi connectivity index (χ4v) is 2.25. The third kappa shape index (κ3) is 3.82. The summed E-state index contributed by atoms with van der Waals surface area (Å²) in [7, 11) is 0. The lowest BCUT2D eigenvalue weighted by Crippen LogP contribution is -2.25. The largest absolute Gasteiger partial charge is 0.460 e. The molecule has 0 unspecified atom stereocenters. The van der Waals surface area contributed by atoms with Gasteiger partial charge in [0.25, 0.3) is 0 Å². The van der Waals surface area contributed by atoms with Crippen LogP contribution in [0, 0.1) is 11.8 Å². The average molecular weight is 264 g/mol. The summed E-state index contributed by atoms with van der Waals surface area (Å²) < 4.78 is 7.38. The molecule has 2 rings (SSSR count). The van der Waals surface area contributed by atoms with Crippen LogP contribution in [0.25, 0.3) is 0 Å².